The number of hydrogen-bond donors (Lipinski definition) is 0. The highest BCUT2D eigenvalue weighted by Gasteiger charge is 2.38. The quantitative estimate of drug-likeness (QED) is 0.777. The smallest absolute Gasteiger partial charge is 0.228 e. The Labute approximate surface area is 135 Å². The van der Waals surface area contributed by atoms with E-state index in [0.29, 0.717) is 12.0 Å². The minimum absolute atomic E-state index is 0.284. The van der Waals surface area contributed by atoms with E-state index in [4.69, 9.17) is 4.43 Å². The zero-order valence-corrected chi connectivity index (χ0v) is 15.8. The van der Waals surface area contributed by atoms with E-state index in [1.54, 1.807) is 12.7 Å². The van der Waals surface area contributed by atoms with Crippen molar-refractivity contribution >= 4 is 14.3 Å². The summed E-state index contributed by atoms with van der Waals surface area (Å²) in [6.45, 7) is 12.5. The molecular weight excluding hydrogens is 292 g/mol. The van der Waals surface area contributed by atoms with Gasteiger partial charge in [0.25, 0.3) is 0 Å². The molecule has 22 heavy (non-hydrogen) atoms. The third-order valence-electron chi connectivity index (χ3n) is 5.34. The summed E-state index contributed by atoms with van der Waals surface area (Å²) in [4.78, 5) is 14.6. The molecular formula is C16H30N4OSi. The Balaban J connectivity index is 1.86. The van der Waals surface area contributed by atoms with Crippen LogP contribution in [0.2, 0.25) is 18.1 Å². The molecule has 0 unspecified atom stereocenters. The minimum Gasteiger partial charge on any atom is -0.417 e. The Kier molecular flexibility index (Phi) is 5.22. The highest BCUT2D eigenvalue weighted by Crippen LogP contribution is 2.38. The van der Waals surface area contributed by atoms with Crippen molar-refractivity contribution in [1.82, 2.24) is 15.0 Å². The molecule has 1 fully saturated rings. The molecule has 1 aliphatic carbocycles. The Hall–Kier alpha value is -1.01. The maximum Gasteiger partial charge on any atom is 0.228 e. The monoisotopic (exact) mass is 322 g/mol. The van der Waals surface area contributed by atoms with Crippen molar-refractivity contribution in [2.45, 2.75) is 64.2 Å². The summed E-state index contributed by atoms with van der Waals surface area (Å²) in [6.07, 6.45) is 6.71. The van der Waals surface area contributed by atoms with Crippen LogP contribution < -0.4 is 4.90 Å². The normalized spacial score (nSPS) is 22.8. The van der Waals surface area contributed by atoms with Crippen LogP contribution in [0.3, 0.4) is 0 Å². The fourth-order valence-electron chi connectivity index (χ4n) is 2.67. The zero-order chi connectivity index (χ0) is 16.4. The molecule has 0 spiro atoms. The number of rotatable bonds is 5. The molecule has 1 aromatic rings. The van der Waals surface area contributed by atoms with Gasteiger partial charge in [-0.25, -0.2) is 15.0 Å². The first-order valence-electron chi connectivity index (χ1n) is 8.19. The molecule has 1 heterocycles. The van der Waals surface area contributed by atoms with Crippen LogP contribution in [0.15, 0.2) is 12.7 Å². The van der Waals surface area contributed by atoms with Crippen LogP contribution in [-0.4, -0.2) is 43.0 Å². The van der Waals surface area contributed by atoms with Crippen LogP contribution in [0.25, 0.3) is 0 Å². The second kappa shape index (κ2) is 6.62. The fraction of sp³-hybridized carbons (Fsp3) is 0.812. The molecule has 6 heteroatoms. The van der Waals surface area contributed by atoms with Gasteiger partial charge in [-0.2, -0.15) is 0 Å². The van der Waals surface area contributed by atoms with Gasteiger partial charge in [0, 0.05) is 19.7 Å². The fourth-order valence-corrected chi connectivity index (χ4v) is 3.76. The van der Waals surface area contributed by atoms with Crippen molar-refractivity contribution in [2.24, 2.45) is 5.92 Å². The topological polar surface area (TPSA) is 51.1 Å². The number of anilines is 1. The zero-order valence-electron chi connectivity index (χ0n) is 14.8. The number of hydrogen-bond acceptors (Lipinski definition) is 5. The Morgan fingerprint density at radius 2 is 1.86 bits per heavy atom. The van der Waals surface area contributed by atoms with Crippen LogP contribution in [0.1, 0.15) is 40.0 Å². The van der Waals surface area contributed by atoms with Gasteiger partial charge in [-0.1, -0.05) is 20.8 Å². The lowest BCUT2D eigenvalue weighted by Gasteiger charge is -2.37. The Morgan fingerprint density at radius 1 is 1.23 bits per heavy atom. The van der Waals surface area contributed by atoms with E-state index in [9.17, 15) is 0 Å². The van der Waals surface area contributed by atoms with Crippen LogP contribution >= 0.6 is 0 Å². The van der Waals surface area contributed by atoms with Gasteiger partial charge in [-0.05, 0) is 43.3 Å². The molecule has 0 saturated heterocycles. The molecule has 124 valence electrons. The lowest BCUT2D eigenvalue weighted by atomic mass is 10.1. The highest BCUT2D eigenvalue weighted by atomic mass is 28.4. The van der Waals surface area contributed by atoms with E-state index in [1.165, 1.54) is 12.8 Å². The highest BCUT2D eigenvalue weighted by molar-refractivity contribution is 6.74. The summed E-state index contributed by atoms with van der Waals surface area (Å²) in [7, 11) is 0.448. The first kappa shape index (κ1) is 17.3. The molecule has 1 saturated carbocycles. The van der Waals surface area contributed by atoms with Crippen molar-refractivity contribution in [3.63, 3.8) is 0 Å². The van der Waals surface area contributed by atoms with E-state index >= 15 is 0 Å². The summed E-state index contributed by atoms with van der Waals surface area (Å²) in [6, 6.07) is 0.510. The first-order valence-corrected chi connectivity index (χ1v) is 11.1. The maximum absolute atomic E-state index is 6.39. The first-order chi connectivity index (χ1) is 10.2. The van der Waals surface area contributed by atoms with Crippen molar-refractivity contribution in [1.29, 1.82) is 0 Å². The summed E-state index contributed by atoms with van der Waals surface area (Å²) in [5.41, 5.74) is 0. The van der Waals surface area contributed by atoms with Crippen LogP contribution in [-0.2, 0) is 4.43 Å². The molecule has 2 atom stereocenters. The number of aromatic nitrogens is 3. The Bertz CT molecular complexity index is 475. The van der Waals surface area contributed by atoms with Gasteiger partial charge in [0.05, 0.1) is 0 Å². The second-order valence-electron chi connectivity index (χ2n) is 7.95. The van der Waals surface area contributed by atoms with Crippen LogP contribution in [0, 0.1) is 5.92 Å². The van der Waals surface area contributed by atoms with Gasteiger partial charge >= 0.3 is 0 Å². The summed E-state index contributed by atoms with van der Waals surface area (Å²) in [5.74, 6) is 1.43. The van der Waals surface area contributed by atoms with Crippen molar-refractivity contribution in [2.75, 3.05) is 18.6 Å². The third-order valence-corrected chi connectivity index (χ3v) is 9.84. The molecule has 2 rings (SSSR count). The van der Waals surface area contributed by atoms with Crippen LogP contribution in [0.5, 0.6) is 0 Å². The van der Waals surface area contributed by atoms with E-state index in [1.807, 2.05) is 0 Å². The summed E-state index contributed by atoms with van der Waals surface area (Å²) in [5, 5.41) is 0.284. The number of nitrogens with zero attached hydrogens (tertiary/aromatic N) is 4. The molecule has 1 aromatic heterocycles. The minimum atomic E-state index is -1.63. The molecule has 0 radical (unpaired) electrons. The average molecular weight is 323 g/mol. The molecule has 0 N–H and O–H groups in total. The van der Waals surface area contributed by atoms with E-state index in [-0.39, 0.29) is 5.04 Å². The van der Waals surface area contributed by atoms with E-state index in [0.717, 1.165) is 19.0 Å². The standard InChI is InChI=1S/C16H30N4OSi/c1-16(2,3)22(5,6)21-10-13-7-8-14(9-13)20(4)15-18-11-17-12-19-15/h11-14H,7-10H2,1-6H3/t13-,14+/m1/s1. The van der Waals surface area contributed by atoms with Gasteiger partial charge in [-0.15, -0.1) is 0 Å². The summed E-state index contributed by atoms with van der Waals surface area (Å²) < 4.78 is 6.39. The molecule has 0 bridgehead atoms. The Morgan fingerprint density at radius 3 is 2.45 bits per heavy atom. The van der Waals surface area contributed by atoms with E-state index in [2.05, 4.69) is 60.8 Å². The van der Waals surface area contributed by atoms with Gasteiger partial charge in [0.1, 0.15) is 12.7 Å². The van der Waals surface area contributed by atoms with Crippen LogP contribution in [0.4, 0.5) is 5.95 Å². The predicted molar refractivity (Wildman–Crippen MR) is 92.5 cm³/mol. The average Bonchev–Trinajstić information content (AvgIpc) is 2.93. The summed E-state index contributed by atoms with van der Waals surface area (Å²) >= 11 is 0. The second-order valence-corrected chi connectivity index (χ2v) is 12.8. The lowest BCUT2D eigenvalue weighted by Crippen LogP contribution is -2.42. The molecule has 5 nitrogen and oxygen atoms in total. The van der Waals surface area contributed by atoms with Gasteiger partial charge in [0.2, 0.25) is 5.95 Å². The third kappa shape index (κ3) is 4.04. The molecule has 0 aromatic carbocycles. The van der Waals surface area contributed by atoms with Gasteiger partial charge in [-0.3, -0.25) is 0 Å². The SMILES string of the molecule is CN(c1ncncn1)[C@H]1CC[C@@H](CO[Si](C)(C)C(C)(C)C)C1. The molecule has 0 aliphatic heterocycles. The largest absolute Gasteiger partial charge is 0.417 e. The lowest BCUT2D eigenvalue weighted by molar-refractivity contribution is 0.229. The van der Waals surface area contributed by atoms with Gasteiger partial charge in [0.15, 0.2) is 8.32 Å². The van der Waals surface area contributed by atoms with Gasteiger partial charge < -0.3 is 9.33 Å². The van der Waals surface area contributed by atoms with E-state index < -0.39 is 8.32 Å². The predicted octanol–water partition coefficient (Wildman–Crippen LogP) is 3.50. The van der Waals surface area contributed by atoms with Crippen molar-refractivity contribution in [3.8, 4) is 0 Å². The maximum atomic E-state index is 6.39. The van der Waals surface area contributed by atoms with Crippen molar-refractivity contribution in [3.05, 3.63) is 12.7 Å². The molecule has 0 amide bonds. The van der Waals surface area contributed by atoms with Crippen molar-refractivity contribution < 1.29 is 4.43 Å². The molecule has 1 aliphatic rings.